The van der Waals surface area contributed by atoms with E-state index in [-0.39, 0.29) is 0 Å². The highest BCUT2D eigenvalue weighted by Gasteiger charge is 2.13. The van der Waals surface area contributed by atoms with Gasteiger partial charge in [-0.25, -0.2) is 4.68 Å². The van der Waals surface area contributed by atoms with Gasteiger partial charge in [-0.1, -0.05) is 68.3 Å². The number of aromatic amines is 1. The summed E-state index contributed by atoms with van der Waals surface area (Å²) in [5, 5.41) is 18.9. The van der Waals surface area contributed by atoms with Gasteiger partial charge in [0.2, 0.25) is 5.82 Å². The molecule has 0 atom stereocenters. The lowest BCUT2D eigenvalue weighted by Gasteiger charge is -2.09. The number of hydrogen-bond donors (Lipinski definition) is 1. The molecular formula is C22H25N7O. The van der Waals surface area contributed by atoms with E-state index in [4.69, 9.17) is 4.74 Å². The highest BCUT2D eigenvalue weighted by Crippen LogP contribution is 2.30. The number of rotatable bonds is 9. The molecule has 2 aromatic carbocycles. The van der Waals surface area contributed by atoms with Crippen molar-refractivity contribution >= 4 is 0 Å². The summed E-state index contributed by atoms with van der Waals surface area (Å²) in [6.45, 7) is 3.05. The number of methoxy groups -OCH3 is 1. The van der Waals surface area contributed by atoms with E-state index < -0.39 is 0 Å². The molecule has 0 bridgehead atoms. The highest BCUT2D eigenvalue weighted by atomic mass is 16.5. The van der Waals surface area contributed by atoms with Crippen molar-refractivity contribution in [3.63, 3.8) is 0 Å². The second-order valence-corrected chi connectivity index (χ2v) is 7.10. The molecular weight excluding hydrogens is 378 g/mol. The minimum Gasteiger partial charge on any atom is -0.466 e. The molecule has 0 radical (unpaired) electrons. The van der Waals surface area contributed by atoms with Crippen LogP contribution < -0.4 is 4.74 Å². The summed E-state index contributed by atoms with van der Waals surface area (Å²) in [7, 11) is 1.60. The molecule has 0 saturated heterocycles. The first kappa shape index (κ1) is 19.8. The van der Waals surface area contributed by atoms with Crippen LogP contribution in [0.1, 0.15) is 37.6 Å². The fourth-order valence-electron chi connectivity index (χ4n) is 3.45. The van der Waals surface area contributed by atoms with Crippen molar-refractivity contribution in [3.8, 4) is 28.5 Å². The van der Waals surface area contributed by atoms with Gasteiger partial charge in [0.25, 0.3) is 0 Å². The van der Waals surface area contributed by atoms with Crippen molar-refractivity contribution in [1.29, 1.82) is 0 Å². The van der Waals surface area contributed by atoms with Crippen LogP contribution in [-0.4, -0.2) is 42.5 Å². The molecule has 0 aliphatic carbocycles. The molecule has 0 aliphatic heterocycles. The van der Waals surface area contributed by atoms with Crippen molar-refractivity contribution in [2.45, 2.75) is 39.2 Å². The van der Waals surface area contributed by atoms with Crippen LogP contribution >= 0.6 is 0 Å². The molecule has 0 unspecified atom stereocenters. The van der Waals surface area contributed by atoms with Crippen LogP contribution in [0.2, 0.25) is 0 Å². The average Bonchev–Trinajstić information content (AvgIpc) is 3.45. The van der Waals surface area contributed by atoms with Crippen LogP contribution in [0.4, 0.5) is 0 Å². The van der Waals surface area contributed by atoms with Gasteiger partial charge in [-0.15, -0.1) is 15.3 Å². The van der Waals surface area contributed by atoms with E-state index in [0.29, 0.717) is 18.3 Å². The number of H-pyrrole nitrogens is 1. The Kier molecular flexibility index (Phi) is 6.12. The first-order valence-corrected chi connectivity index (χ1v) is 10.2. The Morgan fingerprint density at radius 1 is 1.00 bits per heavy atom. The van der Waals surface area contributed by atoms with E-state index in [1.54, 1.807) is 7.11 Å². The first-order chi connectivity index (χ1) is 14.8. The molecule has 8 nitrogen and oxygen atoms in total. The van der Waals surface area contributed by atoms with E-state index >= 15 is 0 Å². The van der Waals surface area contributed by atoms with Gasteiger partial charge in [-0.05, 0) is 28.3 Å². The fraction of sp³-hybridized carbons (Fsp3) is 0.318. The van der Waals surface area contributed by atoms with E-state index in [1.165, 1.54) is 18.4 Å². The lowest BCUT2D eigenvalue weighted by molar-refractivity contribution is 0.374. The maximum absolute atomic E-state index is 5.24. The highest BCUT2D eigenvalue weighted by molar-refractivity contribution is 5.80. The van der Waals surface area contributed by atoms with Crippen LogP contribution in [0.5, 0.6) is 6.01 Å². The number of hydrogen-bond acceptors (Lipinski definition) is 6. The third-order valence-corrected chi connectivity index (χ3v) is 5.03. The van der Waals surface area contributed by atoms with Crippen LogP contribution in [0.3, 0.4) is 0 Å². The summed E-state index contributed by atoms with van der Waals surface area (Å²) >= 11 is 0. The van der Waals surface area contributed by atoms with Gasteiger partial charge in [0.05, 0.1) is 7.11 Å². The quantitative estimate of drug-likeness (QED) is 0.426. The maximum Gasteiger partial charge on any atom is 0.335 e. The second kappa shape index (κ2) is 9.30. The van der Waals surface area contributed by atoms with Gasteiger partial charge >= 0.3 is 6.01 Å². The first-order valence-electron chi connectivity index (χ1n) is 10.2. The SMILES string of the molecule is CCCCCn1nc(OC)nc1Cc1ccc(-c2ccccc2-c2nn[nH]n2)cc1. The molecule has 1 N–H and O–H groups in total. The molecule has 0 amide bonds. The predicted octanol–water partition coefficient (Wildman–Crippen LogP) is 3.91. The topological polar surface area (TPSA) is 94.4 Å². The number of ether oxygens (including phenoxy) is 1. The average molecular weight is 403 g/mol. The molecule has 2 aromatic heterocycles. The molecule has 0 fully saturated rings. The molecule has 0 aliphatic rings. The largest absolute Gasteiger partial charge is 0.466 e. The standard InChI is InChI=1S/C22H25N7O/c1-3-4-7-14-29-20(23-22(26-29)30-2)15-16-10-12-17(13-11-16)18-8-5-6-9-19(18)21-24-27-28-25-21/h5-6,8-13H,3-4,7,14-15H2,1-2H3,(H,24,25,27,28). The van der Waals surface area contributed by atoms with Gasteiger partial charge in [-0.3, -0.25) is 0 Å². The van der Waals surface area contributed by atoms with Gasteiger partial charge in [0, 0.05) is 18.5 Å². The van der Waals surface area contributed by atoms with E-state index in [0.717, 1.165) is 35.5 Å². The maximum atomic E-state index is 5.24. The summed E-state index contributed by atoms with van der Waals surface area (Å²) < 4.78 is 7.21. The summed E-state index contributed by atoms with van der Waals surface area (Å²) in [5.41, 5.74) is 4.28. The van der Waals surface area contributed by atoms with E-state index in [2.05, 4.69) is 68.0 Å². The molecule has 154 valence electrons. The normalized spacial score (nSPS) is 11.0. The Morgan fingerprint density at radius 2 is 1.80 bits per heavy atom. The fourth-order valence-corrected chi connectivity index (χ4v) is 3.45. The molecule has 4 aromatic rings. The van der Waals surface area contributed by atoms with Crippen LogP contribution in [-0.2, 0) is 13.0 Å². The number of benzene rings is 2. The number of tetrazole rings is 1. The number of aryl methyl sites for hydroxylation is 1. The van der Waals surface area contributed by atoms with E-state index in [1.807, 2.05) is 22.9 Å². The number of nitrogens with one attached hydrogen (secondary N) is 1. The van der Waals surface area contributed by atoms with Crippen LogP contribution in [0, 0.1) is 0 Å². The summed E-state index contributed by atoms with van der Waals surface area (Å²) in [6, 6.07) is 17.0. The molecule has 8 heteroatoms. The predicted molar refractivity (Wildman–Crippen MR) is 114 cm³/mol. The molecule has 30 heavy (non-hydrogen) atoms. The summed E-state index contributed by atoms with van der Waals surface area (Å²) in [5.74, 6) is 1.50. The van der Waals surface area contributed by atoms with Crippen molar-refractivity contribution in [2.75, 3.05) is 7.11 Å². The summed E-state index contributed by atoms with van der Waals surface area (Å²) in [4.78, 5) is 4.53. The third-order valence-electron chi connectivity index (χ3n) is 5.03. The van der Waals surface area contributed by atoms with Crippen molar-refractivity contribution in [3.05, 3.63) is 59.9 Å². The molecule has 4 rings (SSSR count). The zero-order chi connectivity index (χ0) is 20.8. The van der Waals surface area contributed by atoms with E-state index in [9.17, 15) is 0 Å². The van der Waals surface area contributed by atoms with Crippen molar-refractivity contribution in [1.82, 2.24) is 35.4 Å². The van der Waals surface area contributed by atoms with Gasteiger partial charge in [0.15, 0.2) is 0 Å². The van der Waals surface area contributed by atoms with Crippen LogP contribution in [0.15, 0.2) is 48.5 Å². The molecule has 0 spiro atoms. The number of unbranched alkanes of at least 4 members (excludes halogenated alkanes) is 2. The second-order valence-electron chi connectivity index (χ2n) is 7.10. The van der Waals surface area contributed by atoms with Crippen molar-refractivity contribution < 1.29 is 4.74 Å². The summed E-state index contributed by atoms with van der Waals surface area (Å²) in [6.07, 6.45) is 4.14. The Labute approximate surface area is 175 Å². The van der Waals surface area contributed by atoms with Gasteiger partial charge in [0.1, 0.15) is 5.82 Å². The zero-order valence-electron chi connectivity index (χ0n) is 17.2. The molecule has 2 heterocycles. The monoisotopic (exact) mass is 403 g/mol. The lowest BCUT2D eigenvalue weighted by Crippen LogP contribution is -2.06. The Hall–Kier alpha value is -3.55. The number of nitrogens with zero attached hydrogens (tertiary/aromatic N) is 6. The third kappa shape index (κ3) is 4.37. The molecule has 0 saturated carbocycles. The number of aromatic nitrogens is 7. The Bertz CT molecular complexity index is 1070. The van der Waals surface area contributed by atoms with Gasteiger partial charge < -0.3 is 4.74 Å². The Balaban J connectivity index is 1.55. The van der Waals surface area contributed by atoms with Gasteiger partial charge in [-0.2, -0.15) is 10.2 Å². The Morgan fingerprint density at radius 3 is 2.50 bits per heavy atom. The van der Waals surface area contributed by atoms with Crippen molar-refractivity contribution in [2.24, 2.45) is 0 Å². The minimum absolute atomic E-state index is 0.423. The van der Waals surface area contributed by atoms with Crippen LogP contribution in [0.25, 0.3) is 22.5 Å². The lowest BCUT2D eigenvalue weighted by atomic mass is 9.98. The minimum atomic E-state index is 0.423. The smallest absolute Gasteiger partial charge is 0.335 e. The zero-order valence-corrected chi connectivity index (χ0v) is 17.2.